The number of ether oxygens (including phenoxy) is 1. The molecule has 10 heteroatoms. The van der Waals surface area contributed by atoms with E-state index >= 15 is 0 Å². The topological polar surface area (TPSA) is 106 Å². The Morgan fingerprint density at radius 2 is 1.86 bits per heavy atom. The van der Waals surface area contributed by atoms with E-state index in [0.29, 0.717) is 43.8 Å². The quantitative estimate of drug-likeness (QED) is 0.342. The maximum atomic E-state index is 12.5. The summed E-state index contributed by atoms with van der Waals surface area (Å²) in [4.78, 5) is 38.0. The first-order chi connectivity index (χ1) is 17.0. The van der Waals surface area contributed by atoms with Crippen LogP contribution in [0.1, 0.15) is 12.0 Å². The van der Waals surface area contributed by atoms with Crippen molar-refractivity contribution in [2.24, 2.45) is 0 Å². The van der Waals surface area contributed by atoms with Gasteiger partial charge in [-0.1, -0.05) is 23.7 Å². The molecule has 0 saturated carbocycles. The zero-order chi connectivity index (χ0) is 24.2. The number of nitrogens with one attached hydrogen (secondary N) is 3. The number of aromatic nitrogens is 3. The van der Waals surface area contributed by atoms with Gasteiger partial charge in [0.2, 0.25) is 0 Å². The van der Waals surface area contributed by atoms with Crippen molar-refractivity contribution in [1.82, 2.24) is 30.1 Å². The normalized spacial score (nSPS) is 14.5. The molecule has 35 heavy (non-hydrogen) atoms. The highest BCUT2D eigenvalue weighted by atomic mass is 35.5. The molecule has 0 aliphatic carbocycles. The van der Waals surface area contributed by atoms with Crippen LogP contribution in [0.25, 0.3) is 22.1 Å². The van der Waals surface area contributed by atoms with Crippen molar-refractivity contribution < 1.29 is 9.53 Å². The van der Waals surface area contributed by atoms with Gasteiger partial charge >= 0.3 is 11.7 Å². The Labute approximate surface area is 207 Å². The van der Waals surface area contributed by atoms with E-state index in [2.05, 4.69) is 25.2 Å². The first kappa shape index (κ1) is 23.2. The average Bonchev–Trinajstić information content (AvgIpc) is 3.22. The van der Waals surface area contributed by atoms with Gasteiger partial charge in [0.1, 0.15) is 5.75 Å². The van der Waals surface area contributed by atoms with Gasteiger partial charge in [-0.15, -0.1) is 0 Å². The minimum Gasteiger partial charge on any atom is -0.494 e. The van der Waals surface area contributed by atoms with Crippen LogP contribution in [0.4, 0.5) is 4.79 Å². The smallest absolute Gasteiger partial charge is 0.325 e. The lowest BCUT2D eigenvalue weighted by atomic mass is 10.2. The van der Waals surface area contributed by atoms with E-state index in [9.17, 15) is 9.59 Å². The number of rotatable bonds is 7. The monoisotopic (exact) mass is 494 g/mol. The number of carbonyl (C=O) groups is 1. The molecule has 2 aromatic carbocycles. The van der Waals surface area contributed by atoms with Gasteiger partial charge in [0, 0.05) is 49.7 Å². The Morgan fingerprint density at radius 3 is 2.66 bits per heavy atom. The summed E-state index contributed by atoms with van der Waals surface area (Å²) in [5.41, 5.74) is 2.92. The van der Waals surface area contributed by atoms with Crippen LogP contribution in [0.5, 0.6) is 5.75 Å². The Kier molecular flexibility index (Phi) is 6.87. The highest BCUT2D eigenvalue weighted by molar-refractivity contribution is 6.30. The molecule has 2 amide bonds. The van der Waals surface area contributed by atoms with Crippen LogP contribution in [-0.4, -0.2) is 70.1 Å². The number of amides is 2. The van der Waals surface area contributed by atoms with Crippen LogP contribution in [0, 0.1) is 0 Å². The molecule has 0 atom stereocenters. The fourth-order valence-electron chi connectivity index (χ4n) is 4.22. The summed E-state index contributed by atoms with van der Waals surface area (Å²) < 4.78 is 5.85. The number of piperazine rings is 1. The van der Waals surface area contributed by atoms with Crippen LogP contribution < -0.4 is 15.7 Å². The zero-order valence-electron chi connectivity index (χ0n) is 19.2. The van der Waals surface area contributed by atoms with E-state index in [1.807, 2.05) is 53.4 Å². The third kappa shape index (κ3) is 5.75. The van der Waals surface area contributed by atoms with E-state index in [0.717, 1.165) is 41.3 Å². The molecule has 9 nitrogen and oxygen atoms in total. The number of halogens is 1. The molecular formula is C25H27ClN6O3. The number of fused-ring (bicyclic) bond motifs is 2. The lowest BCUT2D eigenvalue weighted by Gasteiger charge is -2.34. The first-order valence-electron chi connectivity index (χ1n) is 11.7. The van der Waals surface area contributed by atoms with E-state index < -0.39 is 0 Å². The van der Waals surface area contributed by atoms with Crippen molar-refractivity contribution in [1.29, 1.82) is 0 Å². The minimum atomic E-state index is -0.277. The molecule has 0 spiro atoms. The molecular weight excluding hydrogens is 468 g/mol. The highest BCUT2D eigenvalue weighted by Crippen LogP contribution is 2.22. The molecule has 1 aliphatic rings. The summed E-state index contributed by atoms with van der Waals surface area (Å²) in [6, 6.07) is 15.4. The van der Waals surface area contributed by atoms with Gasteiger partial charge in [0.05, 0.1) is 17.6 Å². The number of hydrogen-bond acceptors (Lipinski definition) is 5. The third-order valence-corrected chi connectivity index (χ3v) is 6.36. The van der Waals surface area contributed by atoms with Crippen molar-refractivity contribution in [3.8, 4) is 5.75 Å². The third-order valence-electron chi connectivity index (χ3n) is 6.11. The SMILES string of the molecule is O=C(NCCCOc1ccc2nc3[nH]c(=O)[nH]c3cc2c1)N1CCN(Cc2ccc(Cl)cc2)CC1. The molecule has 5 rings (SSSR count). The van der Waals surface area contributed by atoms with Crippen molar-refractivity contribution in [3.63, 3.8) is 0 Å². The van der Waals surface area contributed by atoms with Crippen LogP contribution in [0.15, 0.2) is 53.3 Å². The Balaban J connectivity index is 1.02. The van der Waals surface area contributed by atoms with Crippen molar-refractivity contribution in [3.05, 3.63) is 69.6 Å². The molecule has 1 saturated heterocycles. The van der Waals surface area contributed by atoms with Crippen molar-refractivity contribution in [2.45, 2.75) is 13.0 Å². The fourth-order valence-corrected chi connectivity index (χ4v) is 4.35. The second-order valence-corrected chi connectivity index (χ2v) is 9.08. The van der Waals surface area contributed by atoms with E-state index in [1.54, 1.807) is 0 Å². The van der Waals surface area contributed by atoms with E-state index in [4.69, 9.17) is 16.3 Å². The van der Waals surface area contributed by atoms with Gasteiger partial charge in [0.25, 0.3) is 0 Å². The van der Waals surface area contributed by atoms with Gasteiger partial charge in [-0.2, -0.15) is 0 Å². The molecule has 1 fully saturated rings. The molecule has 182 valence electrons. The maximum Gasteiger partial charge on any atom is 0.325 e. The summed E-state index contributed by atoms with van der Waals surface area (Å²) in [6.45, 7) is 5.00. The number of urea groups is 1. The molecule has 0 radical (unpaired) electrons. The standard InChI is InChI=1S/C25H27ClN6O3/c26-19-4-2-17(3-5-19)16-31-9-11-32(12-10-31)25(34)27-8-1-13-35-20-6-7-21-18(14-20)15-22-23(28-21)30-24(33)29-22/h2-7,14-15H,1,8-13,16H2,(H,27,34)(H2,28,29,30,33). The zero-order valence-corrected chi connectivity index (χ0v) is 20.0. The molecule has 4 aromatic rings. The Bertz CT molecular complexity index is 1380. The predicted octanol–water partition coefficient (Wildman–Crippen LogP) is 3.35. The van der Waals surface area contributed by atoms with Crippen molar-refractivity contribution in [2.75, 3.05) is 39.3 Å². The number of aromatic amines is 2. The number of carbonyl (C=O) groups excluding carboxylic acids is 1. The number of nitrogens with zero attached hydrogens (tertiary/aromatic N) is 3. The lowest BCUT2D eigenvalue weighted by molar-refractivity contribution is 0.135. The second-order valence-electron chi connectivity index (χ2n) is 8.64. The van der Waals surface area contributed by atoms with Gasteiger partial charge in [-0.25, -0.2) is 14.6 Å². The number of pyridine rings is 1. The largest absolute Gasteiger partial charge is 0.494 e. The van der Waals surface area contributed by atoms with E-state index in [-0.39, 0.29) is 11.7 Å². The summed E-state index contributed by atoms with van der Waals surface area (Å²) in [5, 5.41) is 4.61. The predicted molar refractivity (Wildman–Crippen MR) is 136 cm³/mol. The average molecular weight is 495 g/mol. The van der Waals surface area contributed by atoms with Gasteiger partial charge in [-0.05, 0) is 48.4 Å². The van der Waals surface area contributed by atoms with Gasteiger partial charge in [0.15, 0.2) is 5.65 Å². The van der Waals surface area contributed by atoms with Crippen LogP contribution >= 0.6 is 11.6 Å². The summed E-state index contributed by atoms with van der Waals surface area (Å²) >= 11 is 5.95. The Morgan fingerprint density at radius 1 is 1.06 bits per heavy atom. The van der Waals surface area contributed by atoms with Crippen LogP contribution in [-0.2, 0) is 6.54 Å². The van der Waals surface area contributed by atoms with Gasteiger partial charge < -0.3 is 19.9 Å². The molecule has 0 unspecified atom stereocenters. The highest BCUT2D eigenvalue weighted by Gasteiger charge is 2.20. The minimum absolute atomic E-state index is 0.0302. The lowest BCUT2D eigenvalue weighted by Crippen LogP contribution is -2.51. The number of benzene rings is 2. The Hall–Kier alpha value is -3.56. The summed E-state index contributed by atoms with van der Waals surface area (Å²) in [7, 11) is 0. The van der Waals surface area contributed by atoms with Gasteiger partial charge in [-0.3, -0.25) is 9.88 Å². The molecule has 3 heterocycles. The summed E-state index contributed by atoms with van der Waals surface area (Å²) in [6.07, 6.45) is 0.697. The first-order valence-corrected chi connectivity index (χ1v) is 12.1. The summed E-state index contributed by atoms with van der Waals surface area (Å²) in [5.74, 6) is 0.722. The maximum absolute atomic E-state index is 12.5. The molecule has 2 aromatic heterocycles. The van der Waals surface area contributed by atoms with Crippen LogP contribution in [0.3, 0.4) is 0 Å². The molecule has 0 bridgehead atoms. The number of hydrogen-bond donors (Lipinski definition) is 3. The molecule has 1 aliphatic heterocycles. The van der Waals surface area contributed by atoms with E-state index in [1.165, 1.54) is 5.56 Å². The van der Waals surface area contributed by atoms with Crippen molar-refractivity contribution >= 4 is 39.7 Å². The fraction of sp³-hybridized carbons (Fsp3) is 0.320. The number of H-pyrrole nitrogens is 2. The molecule has 3 N–H and O–H groups in total. The van der Waals surface area contributed by atoms with Crippen LogP contribution in [0.2, 0.25) is 5.02 Å². The number of imidazole rings is 1. The second kappa shape index (κ2) is 10.4.